The Labute approximate surface area is 136 Å². The Kier molecular flexibility index (Phi) is 6.75. The number of aryl methyl sites for hydroxylation is 1. The topological polar surface area (TPSA) is 29.1 Å². The van der Waals surface area contributed by atoms with Gasteiger partial charge in [-0.1, -0.05) is 53.5 Å². The second-order valence-electron chi connectivity index (χ2n) is 6.02. The molecule has 1 aromatic rings. The van der Waals surface area contributed by atoms with Gasteiger partial charge >= 0.3 is 0 Å². The molecule has 2 nitrogen and oxygen atoms in total. The first-order valence-electron chi connectivity index (χ1n) is 8.17. The van der Waals surface area contributed by atoms with Crippen molar-refractivity contribution in [3.8, 4) is 0 Å². The van der Waals surface area contributed by atoms with Crippen LogP contribution in [0.2, 0.25) is 0 Å². The van der Waals surface area contributed by atoms with Crippen LogP contribution in [-0.4, -0.2) is 17.8 Å². The zero-order valence-corrected chi connectivity index (χ0v) is 14.5. The maximum absolute atomic E-state index is 12.6. The van der Waals surface area contributed by atoms with Crippen LogP contribution in [-0.2, 0) is 11.2 Å². The SMILES string of the molecule is CCCC(CCBr)CNC(=O)C1CCCc2ccccc21. The molecule has 0 aliphatic heterocycles. The molecule has 1 aromatic carbocycles. The Morgan fingerprint density at radius 1 is 1.38 bits per heavy atom. The number of carbonyl (C=O) groups is 1. The third-order valence-corrected chi connectivity index (χ3v) is 4.92. The average molecular weight is 352 g/mol. The van der Waals surface area contributed by atoms with Gasteiger partial charge in [-0.2, -0.15) is 0 Å². The number of rotatable bonds is 7. The van der Waals surface area contributed by atoms with E-state index in [0.717, 1.165) is 37.6 Å². The summed E-state index contributed by atoms with van der Waals surface area (Å²) in [5, 5.41) is 4.22. The summed E-state index contributed by atoms with van der Waals surface area (Å²) in [5.74, 6) is 0.871. The first-order chi connectivity index (χ1) is 10.3. The monoisotopic (exact) mass is 351 g/mol. The van der Waals surface area contributed by atoms with E-state index in [2.05, 4.69) is 52.4 Å². The van der Waals surface area contributed by atoms with Gasteiger partial charge in [0.25, 0.3) is 0 Å². The number of carbonyl (C=O) groups excluding carboxylic acids is 1. The molecule has 1 N–H and O–H groups in total. The van der Waals surface area contributed by atoms with E-state index in [4.69, 9.17) is 0 Å². The van der Waals surface area contributed by atoms with Gasteiger partial charge in [-0.15, -0.1) is 0 Å². The van der Waals surface area contributed by atoms with Crippen molar-refractivity contribution in [2.75, 3.05) is 11.9 Å². The van der Waals surface area contributed by atoms with E-state index < -0.39 is 0 Å². The van der Waals surface area contributed by atoms with Crippen molar-refractivity contribution < 1.29 is 4.79 Å². The van der Waals surface area contributed by atoms with E-state index in [9.17, 15) is 4.79 Å². The Hall–Kier alpha value is -0.830. The van der Waals surface area contributed by atoms with Crippen molar-refractivity contribution >= 4 is 21.8 Å². The van der Waals surface area contributed by atoms with Crippen LogP contribution >= 0.6 is 15.9 Å². The zero-order chi connectivity index (χ0) is 15.1. The highest BCUT2D eigenvalue weighted by atomic mass is 79.9. The minimum Gasteiger partial charge on any atom is -0.355 e. The van der Waals surface area contributed by atoms with E-state index in [1.54, 1.807) is 0 Å². The number of hydrogen-bond donors (Lipinski definition) is 1. The molecule has 0 fully saturated rings. The summed E-state index contributed by atoms with van der Waals surface area (Å²) in [7, 11) is 0. The third kappa shape index (κ3) is 4.57. The van der Waals surface area contributed by atoms with Crippen LogP contribution in [0.15, 0.2) is 24.3 Å². The largest absolute Gasteiger partial charge is 0.355 e. The van der Waals surface area contributed by atoms with Gasteiger partial charge in [0.15, 0.2) is 0 Å². The molecule has 3 heteroatoms. The van der Waals surface area contributed by atoms with Crippen molar-refractivity contribution in [3.63, 3.8) is 0 Å². The molecule has 1 amide bonds. The maximum Gasteiger partial charge on any atom is 0.227 e. The van der Waals surface area contributed by atoms with E-state index >= 15 is 0 Å². The van der Waals surface area contributed by atoms with Crippen LogP contribution in [0.5, 0.6) is 0 Å². The van der Waals surface area contributed by atoms with Crippen molar-refractivity contribution in [2.45, 2.75) is 51.4 Å². The van der Waals surface area contributed by atoms with Crippen LogP contribution in [0, 0.1) is 5.92 Å². The summed E-state index contributed by atoms with van der Waals surface area (Å²) >= 11 is 3.51. The molecule has 0 heterocycles. The predicted molar refractivity (Wildman–Crippen MR) is 91.9 cm³/mol. The average Bonchev–Trinajstić information content (AvgIpc) is 2.52. The Morgan fingerprint density at radius 3 is 2.95 bits per heavy atom. The molecule has 2 rings (SSSR count). The zero-order valence-electron chi connectivity index (χ0n) is 12.9. The number of fused-ring (bicyclic) bond motifs is 1. The van der Waals surface area contributed by atoms with Crippen LogP contribution in [0.1, 0.15) is 56.1 Å². The summed E-state index contributed by atoms with van der Waals surface area (Å²) in [4.78, 5) is 12.6. The van der Waals surface area contributed by atoms with Gasteiger partial charge in [0.05, 0.1) is 5.92 Å². The smallest absolute Gasteiger partial charge is 0.227 e. The molecule has 0 saturated carbocycles. The highest BCUT2D eigenvalue weighted by Gasteiger charge is 2.26. The molecule has 0 aromatic heterocycles. The van der Waals surface area contributed by atoms with Crippen molar-refractivity contribution in [2.24, 2.45) is 5.92 Å². The molecule has 2 unspecified atom stereocenters. The summed E-state index contributed by atoms with van der Waals surface area (Å²) in [6, 6.07) is 8.42. The molecule has 0 radical (unpaired) electrons. The van der Waals surface area contributed by atoms with Gasteiger partial charge in [-0.05, 0) is 49.1 Å². The van der Waals surface area contributed by atoms with Crippen molar-refractivity contribution in [3.05, 3.63) is 35.4 Å². The lowest BCUT2D eigenvalue weighted by molar-refractivity contribution is -0.123. The van der Waals surface area contributed by atoms with E-state index in [0.29, 0.717) is 5.92 Å². The van der Waals surface area contributed by atoms with Crippen LogP contribution in [0.25, 0.3) is 0 Å². The van der Waals surface area contributed by atoms with E-state index in [1.807, 2.05) is 0 Å². The highest BCUT2D eigenvalue weighted by Crippen LogP contribution is 2.31. The second kappa shape index (κ2) is 8.57. The second-order valence-corrected chi connectivity index (χ2v) is 6.81. The third-order valence-electron chi connectivity index (χ3n) is 4.47. The Bertz CT molecular complexity index is 454. The number of nitrogens with one attached hydrogen (secondary N) is 1. The fourth-order valence-corrected chi connectivity index (χ4v) is 3.95. The summed E-state index contributed by atoms with van der Waals surface area (Å²) < 4.78 is 0. The minimum atomic E-state index is 0.0567. The van der Waals surface area contributed by atoms with Crippen LogP contribution in [0.4, 0.5) is 0 Å². The molecule has 1 aliphatic rings. The minimum absolute atomic E-state index is 0.0567. The molecule has 21 heavy (non-hydrogen) atoms. The van der Waals surface area contributed by atoms with Crippen LogP contribution in [0.3, 0.4) is 0 Å². The standard InChI is InChI=1S/C18H26BrNO/c1-2-6-14(11-12-19)13-20-18(21)17-10-5-8-15-7-3-4-9-16(15)17/h3-4,7,9,14,17H,2,5-6,8,10-13H2,1H3,(H,20,21). The van der Waals surface area contributed by atoms with E-state index in [-0.39, 0.29) is 11.8 Å². The number of amides is 1. The van der Waals surface area contributed by atoms with Crippen molar-refractivity contribution in [1.82, 2.24) is 5.32 Å². The molecule has 2 atom stereocenters. The van der Waals surface area contributed by atoms with Gasteiger partial charge in [0.2, 0.25) is 5.91 Å². The molecule has 116 valence electrons. The highest BCUT2D eigenvalue weighted by molar-refractivity contribution is 9.09. The molecule has 0 spiro atoms. The molecule has 0 bridgehead atoms. The number of alkyl halides is 1. The quantitative estimate of drug-likeness (QED) is 0.723. The first-order valence-corrected chi connectivity index (χ1v) is 9.29. The van der Waals surface area contributed by atoms with E-state index in [1.165, 1.54) is 24.0 Å². The lowest BCUT2D eigenvalue weighted by Crippen LogP contribution is -2.35. The Morgan fingerprint density at radius 2 is 2.19 bits per heavy atom. The summed E-state index contributed by atoms with van der Waals surface area (Å²) in [6.07, 6.45) is 6.72. The number of hydrogen-bond acceptors (Lipinski definition) is 1. The van der Waals surface area contributed by atoms with Gasteiger partial charge in [-0.3, -0.25) is 4.79 Å². The number of halogens is 1. The van der Waals surface area contributed by atoms with Crippen molar-refractivity contribution in [1.29, 1.82) is 0 Å². The predicted octanol–water partition coefficient (Wildman–Crippen LogP) is 4.42. The maximum atomic E-state index is 12.6. The first kappa shape index (κ1) is 16.5. The summed E-state index contributed by atoms with van der Waals surface area (Å²) in [5.41, 5.74) is 2.60. The van der Waals surface area contributed by atoms with Gasteiger partial charge in [0.1, 0.15) is 0 Å². The number of benzene rings is 1. The van der Waals surface area contributed by atoms with Crippen LogP contribution < -0.4 is 5.32 Å². The van der Waals surface area contributed by atoms with Gasteiger partial charge in [0, 0.05) is 11.9 Å². The Balaban J connectivity index is 1.95. The molecule has 0 saturated heterocycles. The normalized spacial score (nSPS) is 18.9. The van der Waals surface area contributed by atoms with Gasteiger partial charge < -0.3 is 5.32 Å². The summed E-state index contributed by atoms with van der Waals surface area (Å²) in [6.45, 7) is 3.03. The lowest BCUT2D eigenvalue weighted by Gasteiger charge is -2.25. The fourth-order valence-electron chi connectivity index (χ4n) is 3.31. The van der Waals surface area contributed by atoms with Gasteiger partial charge in [-0.25, -0.2) is 0 Å². The lowest BCUT2D eigenvalue weighted by atomic mass is 9.82. The molecular weight excluding hydrogens is 326 g/mol. The molecular formula is C18H26BrNO. The fraction of sp³-hybridized carbons (Fsp3) is 0.611. The molecule has 1 aliphatic carbocycles.